The van der Waals surface area contributed by atoms with Crippen LogP contribution in [0.3, 0.4) is 0 Å². The van der Waals surface area contributed by atoms with Crippen molar-refractivity contribution in [1.82, 2.24) is 19.7 Å². The molecule has 1 aromatic heterocycles. The molecule has 2 aromatic carbocycles. The number of benzene rings is 2. The lowest BCUT2D eigenvalue weighted by atomic mass is 10.0. The van der Waals surface area contributed by atoms with Gasteiger partial charge in [0.25, 0.3) is 0 Å². The highest BCUT2D eigenvalue weighted by atomic mass is 19.1. The zero-order valence-electron chi connectivity index (χ0n) is 16.2. The van der Waals surface area contributed by atoms with Gasteiger partial charge in [-0.3, -0.25) is 4.79 Å². The van der Waals surface area contributed by atoms with Crippen LogP contribution in [0.1, 0.15) is 31.0 Å². The molecule has 1 aliphatic heterocycles. The number of aromatic amines is 1. The molecule has 1 saturated carbocycles. The number of rotatable bonds is 4. The number of nitrogens with one attached hydrogen (secondary N) is 1. The predicted octanol–water partition coefficient (Wildman–Crippen LogP) is 2.80. The van der Waals surface area contributed by atoms with Gasteiger partial charge in [0.15, 0.2) is 0 Å². The van der Waals surface area contributed by atoms with Crippen molar-refractivity contribution in [3.8, 4) is 22.6 Å². The highest BCUT2D eigenvalue weighted by Crippen LogP contribution is 2.35. The van der Waals surface area contributed by atoms with E-state index in [9.17, 15) is 14.7 Å². The second-order valence-corrected chi connectivity index (χ2v) is 7.98. The normalized spacial score (nSPS) is 18.7. The molecule has 1 saturated heterocycles. The van der Waals surface area contributed by atoms with E-state index in [1.165, 1.54) is 16.7 Å². The number of aromatic hydroxyl groups is 1. The Labute approximate surface area is 171 Å². The van der Waals surface area contributed by atoms with E-state index >= 15 is 4.39 Å². The fraction of sp³-hybridized carbons (Fsp3) is 0.318. The Bertz CT molecular complexity index is 1180. The van der Waals surface area contributed by atoms with Gasteiger partial charge < -0.3 is 10.0 Å². The van der Waals surface area contributed by atoms with Gasteiger partial charge in [0.05, 0.1) is 5.69 Å². The number of phenols is 1. The summed E-state index contributed by atoms with van der Waals surface area (Å²) in [4.78, 5) is 26.6. The first-order chi connectivity index (χ1) is 14.5. The van der Waals surface area contributed by atoms with Crippen LogP contribution >= 0.6 is 0 Å². The van der Waals surface area contributed by atoms with Crippen LogP contribution in [0.5, 0.6) is 5.75 Å². The Balaban J connectivity index is 1.46. The smallest absolute Gasteiger partial charge is 0.348 e. The van der Waals surface area contributed by atoms with Crippen LogP contribution < -0.4 is 5.69 Å². The van der Waals surface area contributed by atoms with Crippen molar-refractivity contribution in [1.29, 1.82) is 0 Å². The van der Waals surface area contributed by atoms with Gasteiger partial charge in [-0.2, -0.15) is 5.10 Å². The minimum absolute atomic E-state index is 0.0943. The summed E-state index contributed by atoms with van der Waals surface area (Å²) < 4.78 is 16.3. The number of halogens is 1. The van der Waals surface area contributed by atoms with Crippen LogP contribution in [0, 0.1) is 11.7 Å². The van der Waals surface area contributed by atoms with Gasteiger partial charge in [-0.05, 0) is 54.7 Å². The van der Waals surface area contributed by atoms with Gasteiger partial charge in [0.2, 0.25) is 5.91 Å². The molecule has 30 heavy (non-hydrogen) atoms. The summed E-state index contributed by atoms with van der Waals surface area (Å²) in [7, 11) is 0. The summed E-state index contributed by atoms with van der Waals surface area (Å²) in [6.45, 7) is 1.11. The number of carbonyl (C=O) groups excluding carboxylic acids is 1. The summed E-state index contributed by atoms with van der Waals surface area (Å²) >= 11 is 0. The molecular weight excluding hydrogens is 387 g/mol. The molecule has 3 aromatic rings. The molecule has 0 bridgehead atoms. The number of hydrogen-bond acceptors (Lipinski definition) is 4. The maximum Gasteiger partial charge on any atom is 0.348 e. The van der Waals surface area contributed by atoms with Crippen LogP contribution in [-0.2, 0) is 4.79 Å². The number of phenolic OH excluding ortho intramolecular Hbond substituents is 1. The molecule has 2 N–H and O–H groups in total. The van der Waals surface area contributed by atoms with E-state index in [4.69, 9.17) is 0 Å². The Hall–Kier alpha value is -3.42. The van der Waals surface area contributed by atoms with Crippen LogP contribution in [0.15, 0.2) is 47.3 Å². The summed E-state index contributed by atoms with van der Waals surface area (Å²) in [5, 5.41) is 16.2. The quantitative estimate of drug-likeness (QED) is 0.695. The Morgan fingerprint density at radius 2 is 1.93 bits per heavy atom. The van der Waals surface area contributed by atoms with Gasteiger partial charge in [0.1, 0.15) is 17.4 Å². The summed E-state index contributed by atoms with van der Waals surface area (Å²) in [6.07, 6.45) is 2.58. The van der Waals surface area contributed by atoms with E-state index in [1.807, 2.05) is 4.90 Å². The van der Waals surface area contributed by atoms with Crippen LogP contribution in [-0.4, -0.2) is 43.8 Å². The van der Waals surface area contributed by atoms with Gasteiger partial charge >= 0.3 is 5.69 Å². The highest BCUT2D eigenvalue weighted by molar-refractivity contribution is 5.81. The molecule has 2 aliphatic rings. The largest absolute Gasteiger partial charge is 0.508 e. The lowest BCUT2D eigenvalue weighted by Gasteiger charge is -2.16. The van der Waals surface area contributed by atoms with Crippen LogP contribution in [0.4, 0.5) is 4.39 Å². The molecular formula is C22H21FN4O3. The van der Waals surface area contributed by atoms with Crippen LogP contribution in [0.25, 0.3) is 16.8 Å². The molecule has 8 heteroatoms. The van der Waals surface area contributed by atoms with E-state index in [0.717, 1.165) is 12.8 Å². The number of likely N-dealkylation sites (tertiary alicyclic amines) is 1. The third kappa shape index (κ3) is 3.28. The molecule has 1 atom stereocenters. The number of amides is 1. The minimum atomic E-state index is -0.565. The Morgan fingerprint density at radius 1 is 1.13 bits per heavy atom. The van der Waals surface area contributed by atoms with Crippen LogP contribution in [0.2, 0.25) is 0 Å². The second kappa shape index (κ2) is 7.12. The van der Waals surface area contributed by atoms with Crippen molar-refractivity contribution in [2.45, 2.75) is 25.2 Å². The molecule has 7 nitrogen and oxygen atoms in total. The number of hydrogen-bond donors (Lipinski definition) is 2. The first-order valence-corrected chi connectivity index (χ1v) is 10.1. The number of aromatic nitrogens is 3. The molecule has 0 radical (unpaired) electrons. The fourth-order valence-corrected chi connectivity index (χ4v) is 4.13. The first-order valence-electron chi connectivity index (χ1n) is 10.1. The lowest BCUT2D eigenvalue weighted by molar-refractivity contribution is -0.131. The monoisotopic (exact) mass is 408 g/mol. The second-order valence-electron chi connectivity index (χ2n) is 7.98. The lowest BCUT2D eigenvalue weighted by Crippen LogP contribution is -2.30. The number of carbonyl (C=O) groups is 1. The fourth-order valence-electron chi connectivity index (χ4n) is 4.13. The zero-order chi connectivity index (χ0) is 20.8. The van der Waals surface area contributed by atoms with E-state index in [2.05, 4.69) is 10.2 Å². The minimum Gasteiger partial charge on any atom is -0.508 e. The topological polar surface area (TPSA) is 91.2 Å². The molecule has 2 fully saturated rings. The summed E-state index contributed by atoms with van der Waals surface area (Å²) in [6, 6.07) is 11.1. The van der Waals surface area contributed by atoms with Crippen molar-refractivity contribution < 1.29 is 14.3 Å². The van der Waals surface area contributed by atoms with E-state index in [0.29, 0.717) is 36.5 Å². The van der Waals surface area contributed by atoms with E-state index in [1.54, 1.807) is 30.3 Å². The van der Waals surface area contributed by atoms with Gasteiger partial charge in [0, 0.05) is 24.9 Å². The average Bonchev–Trinajstić information content (AvgIpc) is 3.35. The Morgan fingerprint density at radius 3 is 2.67 bits per heavy atom. The molecule has 5 rings (SSSR count). The maximum absolute atomic E-state index is 15.0. The molecule has 0 spiro atoms. The number of H-pyrrole nitrogens is 1. The first kappa shape index (κ1) is 18.6. The third-order valence-electron chi connectivity index (χ3n) is 5.86. The average molecular weight is 408 g/mol. The van der Waals surface area contributed by atoms with Crippen molar-refractivity contribution in [3.05, 3.63) is 64.6 Å². The molecule has 1 unspecified atom stereocenters. The molecule has 1 amide bonds. The SMILES string of the molecule is O=C(C1CC1)N1CCC(c2n[nH]c(=O)n2-c2ccc(-c3cccc(O)c3)cc2F)C1. The number of nitrogens with zero attached hydrogens (tertiary/aromatic N) is 3. The standard InChI is InChI=1S/C22H21FN4O3/c23-18-11-15(14-2-1-3-17(28)10-14)6-7-19(18)27-20(24-25-22(27)30)16-8-9-26(12-16)21(29)13-4-5-13/h1-3,6-7,10-11,13,16,28H,4-5,8-9,12H2,(H,25,30). The molecule has 1 aliphatic carbocycles. The van der Waals surface area contributed by atoms with Gasteiger partial charge in [-0.25, -0.2) is 18.9 Å². The molecule has 2 heterocycles. The van der Waals surface area contributed by atoms with Crippen molar-refractivity contribution >= 4 is 5.91 Å². The Kier molecular flexibility index (Phi) is 4.42. The van der Waals surface area contributed by atoms with Crippen molar-refractivity contribution in [3.63, 3.8) is 0 Å². The summed E-state index contributed by atoms with van der Waals surface area (Å²) in [5.41, 5.74) is 0.859. The van der Waals surface area contributed by atoms with Gasteiger partial charge in [-0.1, -0.05) is 18.2 Å². The highest BCUT2D eigenvalue weighted by Gasteiger charge is 2.38. The predicted molar refractivity (Wildman–Crippen MR) is 108 cm³/mol. The van der Waals surface area contributed by atoms with Crippen molar-refractivity contribution in [2.24, 2.45) is 5.92 Å². The van der Waals surface area contributed by atoms with Crippen molar-refractivity contribution in [2.75, 3.05) is 13.1 Å². The molecule has 154 valence electrons. The summed E-state index contributed by atoms with van der Waals surface area (Å²) in [5.74, 6) is 0.157. The maximum atomic E-state index is 15.0. The van der Waals surface area contributed by atoms with E-state index < -0.39 is 11.5 Å². The van der Waals surface area contributed by atoms with E-state index in [-0.39, 0.29) is 29.2 Å². The van der Waals surface area contributed by atoms with Gasteiger partial charge in [-0.15, -0.1) is 0 Å². The zero-order valence-corrected chi connectivity index (χ0v) is 16.2. The third-order valence-corrected chi connectivity index (χ3v) is 5.86.